The Labute approximate surface area is 180 Å². The molecule has 0 spiro atoms. The summed E-state index contributed by atoms with van der Waals surface area (Å²) in [6.07, 6.45) is 5.01. The van der Waals surface area contributed by atoms with Gasteiger partial charge in [0.2, 0.25) is 0 Å². The maximum absolute atomic E-state index is 4.51. The van der Waals surface area contributed by atoms with Crippen molar-refractivity contribution in [1.82, 2.24) is 0 Å². The molecule has 0 saturated heterocycles. The summed E-state index contributed by atoms with van der Waals surface area (Å²) in [6.45, 7) is 28.7. The topological polar surface area (TPSA) is 52.9 Å². The Kier molecular flexibility index (Phi) is 21.6. The van der Waals surface area contributed by atoms with Crippen molar-refractivity contribution < 1.29 is 18.2 Å². The van der Waals surface area contributed by atoms with Crippen molar-refractivity contribution in [3.05, 3.63) is 10.6 Å². The monoisotopic (exact) mass is 468 g/mol. The summed E-state index contributed by atoms with van der Waals surface area (Å²) >= 11 is -0.473. The number of unbranched alkanes of at least 4 members (excludes halogenated alkanes) is 2. The summed E-state index contributed by atoms with van der Waals surface area (Å²) in [7, 11) is 0. The van der Waals surface area contributed by atoms with Crippen molar-refractivity contribution >= 4 is 0 Å². The van der Waals surface area contributed by atoms with Gasteiger partial charge in [-0.05, 0) is 0 Å². The molecule has 0 rings (SSSR count). The summed E-state index contributed by atoms with van der Waals surface area (Å²) in [6, 6.07) is 0. The predicted octanol–water partition coefficient (Wildman–Crippen LogP) is 8.17. The smallest absolute Gasteiger partial charge is 0.0578 e. The first-order valence-electron chi connectivity index (χ1n) is 10.6. The molecule has 0 fully saturated rings. The largest absolute Gasteiger partial charge is 0.662 e. The zero-order chi connectivity index (χ0) is 22.0. The SMILES string of the molecule is CC(C)(C)[N]=[Mo+2]=[N]C(C)(C)C.CCCC[N-]C(C)(C)C.CCCC[N-]CC. The first-order chi connectivity index (χ1) is 12.2. The van der Waals surface area contributed by atoms with Crippen LogP contribution in [-0.2, 0) is 18.2 Å². The van der Waals surface area contributed by atoms with E-state index in [0.717, 1.165) is 19.6 Å². The van der Waals surface area contributed by atoms with Gasteiger partial charge in [0.05, 0.1) is 0 Å². The Bertz CT molecular complexity index is 345. The second-order valence-corrected chi connectivity index (χ2v) is 10.9. The van der Waals surface area contributed by atoms with Crippen molar-refractivity contribution in [3.63, 3.8) is 0 Å². The van der Waals surface area contributed by atoms with E-state index in [0.29, 0.717) is 0 Å². The molecule has 27 heavy (non-hydrogen) atoms. The minimum atomic E-state index is -0.473. The second kappa shape index (κ2) is 18.3. The van der Waals surface area contributed by atoms with Gasteiger partial charge in [-0.1, -0.05) is 67.2 Å². The van der Waals surface area contributed by atoms with Crippen LogP contribution in [0.15, 0.2) is 6.99 Å². The fourth-order valence-corrected chi connectivity index (χ4v) is 2.57. The van der Waals surface area contributed by atoms with Crippen molar-refractivity contribution in [3.8, 4) is 0 Å². The van der Waals surface area contributed by atoms with Gasteiger partial charge in [-0.2, -0.15) is 6.54 Å². The molecule has 5 heteroatoms. The molecule has 0 bridgehead atoms. The van der Waals surface area contributed by atoms with Gasteiger partial charge in [0.25, 0.3) is 0 Å². The number of nitrogens with zero attached hydrogens (tertiary/aromatic N) is 4. The second-order valence-electron chi connectivity index (χ2n) is 9.63. The fraction of sp³-hybridized carbons (Fsp3) is 1.00. The molecule has 164 valence electrons. The van der Waals surface area contributed by atoms with Gasteiger partial charge in [0.15, 0.2) is 0 Å². The van der Waals surface area contributed by atoms with E-state index in [-0.39, 0.29) is 16.6 Å². The van der Waals surface area contributed by atoms with E-state index in [2.05, 4.69) is 101 Å². The quantitative estimate of drug-likeness (QED) is 0.268. The zero-order valence-electron chi connectivity index (χ0n) is 20.6. The average Bonchev–Trinajstić information content (AvgIpc) is 2.45. The molecule has 0 amide bonds. The fourth-order valence-electron chi connectivity index (χ4n) is 1.27. The molecule has 0 atom stereocenters. The standard InChI is InChI=1S/C8H18N.C6H14N.2C4H9N.Mo/c1-5-6-7-9-8(2,3)4;1-3-5-6-7-4-2;2*1-4(2,3)5;/h5-7H2,1-4H3;3-6H2,1-2H3;2*1-3H3;/q2*-1;;;+2. The van der Waals surface area contributed by atoms with Crippen LogP contribution in [0.2, 0.25) is 0 Å². The summed E-state index contributed by atoms with van der Waals surface area (Å²) in [5.41, 5.74) is 0.392. The van der Waals surface area contributed by atoms with Gasteiger partial charge >= 0.3 is 77.8 Å². The minimum absolute atomic E-state index is 0.108. The van der Waals surface area contributed by atoms with Crippen LogP contribution < -0.4 is 0 Å². The van der Waals surface area contributed by atoms with Gasteiger partial charge in [0, 0.05) is 0 Å². The molecule has 0 aromatic heterocycles. The molecule has 0 aromatic rings. The Hall–Kier alpha value is 0.208. The summed E-state index contributed by atoms with van der Waals surface area (Å²) in [5.74, 6) is 0. The zero-order valence-corrected chi connectivity index (χ0v) is 22.7. The van der Waals surface area contributed by atoms with Gasteiger partial charge < -0.3 is 10.6 Å². The van der Waals surface area contributed by atoms with Crippen molar-refractivity contribution in [2.75, 3.05) is 19.6 Å². The van der Waals surface area contributed by atoms with Gasteiger partial charge in [-0.25, -0.2) is 0 Å². The summed E-state index contributed by atoms with van der Waals surface area (Å²) in [4.78, 5) is 0. The van der Waals surface area contributed by atoms with Gasteiger partial charge in [-0.3, -0.25) is 0 Å². The normalized spacial score (nSPS) is 11.4. The first kappa shape index (κ1) is 31.9. The third-order valence-corrected chi connectivity index (χ3v) is 5.71. The van der Waals surface area contributed by atoms with Gasteiger partial charge in [-0.15, -0.1) is 18.6 Å². The number of hydrogen-bond donors (Lipinski definition) is 0. The molecule has 0 aromatic carbocycles. The van der Waals surface area contributed by atoms with E-state index >= 15 is 0 Å². The van der Waals surface area contributed by atoms with E-state index in [4.69, 9.17) is 0 Å². The first-order valence-corrected chi connectivity index (χ1v) is 12.4. The Morgan fingerprint density at radius 2 is 1.07 bits per heavy atom. The van der Waals surface area contributed by atoms with Crippen molar-refractivity contribution in [2.24, 2.45) is 6.99 Å². The molecular formula is C22H50MoN4. The van der Waals surface area contributed by atoms with E-state index in [9.17, 15) is 0 Å². The molecule has 0 heterocycles. The Morgan fingerprint density at radius 3 is 1.37 bits per heavy atom. The molecular weight excluding hydrogens is 416 g/mol. The van der Waals surface area contributed by atoms with Gasteiger partial charge in [0.1, 0.15) is 0 Å². The van der Waals surface area contributed by atoms with Crippen LogP contribution >= 0.6 is 0 Å². The molecule has 0 N–H and O–H groups in total. The van der Waals surface area contributed by atoms with Crippen LogP contribution in [0.3, 0.4) is 0 Å². The van der Waals surface area contributed by atoms with Crippen molar-refractivity contribution in [2.45, 2.75) is 125 Å². The van der Waals surface area contributed by atoms with E-state index in [1.54, 1.807) is 0 Å². The maximum Gasteiger partial charge on any atom is -0.0578 e. The average molecular weight is 467 g/mol. The summed E-state index contributed by atoms with van der Waals surface area (Å²) in [5, 5.41) is 8.61. The minimum Gasteiger partial charge on any atom is -0.662 e. The third kappa shape index (κ3) is 46.3. The van der Waals surface area contributed by atoms with E-state index < -0.39 is 18.2 Å². The molecule has 0 aliphatic rings. The van der Waals surface area contributed by atoms with E-state index in [1.165, 1.54) is 25.7 Å². The Morgan fingerprint density at radius 1 is 0.667 bits per heavy atom. The molecule has 0 radical (unpaired) electrons. The van der Waals surface area contributed by atoms with Crippen LogP contribution in [0, 0.1) is 0 Å². The van der Waals surface area contributed by atoms with Crippen molar-refractivity contribution in [1.29, 1.82) is 0 Å². The van der Waals surface area contributed by atoms with Crippen LogP contribution in [0.25, 0.3) is 10.6 Å². The molecule has 0 unspecified atom stereocenters. The number of rotatable bonds is 7. The maximum atomic E-state index is 4.51. The molecule has 0 saturated carbocycles. The summed E-state index contributed by atoms with van der Waals surface area (Å²) < 4.78 is 9.01. The van der Waals surface area contributed by atoms with E-state index in [1.807, 2.05) is 0 Å². The van der Waals surface area contributed by atoms with Crippen LogP contribution in [0.1, 0.15) is 109 Å². The predicted molar refractivity (Wildman–Crippen MR) is 121 cm³/mol. The van der Waals surface area contributed by atoms with Crippen LogP contribution in [0.4, 0.5) is 0 Å². The van der Waals surface area contributed by atoms with Crippen LogP contribution in [0.5, 0.6) is 0 Å². The van der Waals surface area contributed by atoms with Crippen LogP contribution in [-0.4, -0.2) is 36.3 Å². The third-order valence-electron chi connectivity index (χ3n) is 2.62. The Balaban J connectivity index is -0.000000329. The molecule has 0 aliphatic carbocycles. The molecule has 4 nitrogen and oxygen atoms in total. The molecule has 0 aliphatic heterocycles. The number of hydrogen-bond acceptors (Lipinski definition) is 2.